The van der Waals surface area contributed by atoms with Gasteiger partial charge in [-0.05, 0) is 24.6 Å². The van der Waals surface area contributed by atoms with Crippen LogP contribution in [0.15, 0.2) is 24.3 Å². The first-order chi connectivity index (χ1) is 15.1. The van der Waals surface area contributed by atoms with E-state index in [2.05, 4.69) is 4.90 Å². The van der Waals surface area contributed by atoms with E-state index in [0.717, 1.165) is 6.07 Å². The van der Waals surface area contributed by atoms with Crippen molar-refractivity contribution in [3.05, 3.63) is 29.8 Å². The van der Waals surface area contributed by atoms with Crippen molar-refractivity contribution >= 4 is 21.4 Å². The van der Waals surface area contributed by atoms with Gasteiger partial charge in [-0.2, -0.15) is 13.2 Å². The van der Waals surface area contributed by atoms with Crippen molar-refractivity contribution in [1.29, 1.82) is 0 Å². The summed E-state index contributed by atoms with van der Waals surface area (Å²) in [7, 11) is -2.92. The van der Waals surface area contributed by atoms with Crippen LogP contribution in [0.2, 0.25) is 0 Å². The van der Waals surface area contributed by atoms with Crippen LogP contribution in [0.3, 0.4) is 0 Å². The molecule has 4 rings (SSSR count). The van der Waals surface area contributed by atoms with Crippen molar-refractivity contribution in [3.63, 3.8) is 0 Å². The van der Waals surface area contributed by atoms with E-state index in [1.165, 1.54) is 12.1 Å². The fourth-order valence-corrected chi connectivity index (χ4v) is 6.50. The van der Waals surface area contributed by atoms with Gasteiger partial charge in [0.15, 0.2) is 9.84 Å². The van der Waals surface area contributed by atoms with Gasteiger partial charge in [0.1, 0.15) is 0 Å². The zero-order chi connectivity index (χ0) is 22.9. The topological polar surface area (TPSA) is 64.2 Å². The zero-order valence-corrected chi connectivity index (χ0v) is 18.7. The van der Waals surface area contributed by atoms with Gasteiger partial charge >= 0.3 is 6.18 Å². The van der Waals surface area contributed by atoms with Crippen molar-refractivity contribution in [3.8, 4) is 0 Å². The standard InChI is InChI=1S/C21H29F3N4O3S/c22-21(23,24)17-2-1-3-18(14-17)26-7-5-25(6-8-26)15-20(29)28-11-9-27(10-12-28)19-4-13-32(30,31)16-19/h1-3,14,19H,4-13,15-16H2. The van der Waals surface area contributed by atoms with E-state index in [9.17, 15) is 26.4 Å². The Kier molecular flexibility index (Phi) is 6.69. The number of nitrogens with zero attached hydrogens (tertiary/aromatic N) is 4. The Hall–Kier alpha value is -1.85. The fourth-order valence-electron chi connectivity index (χ4n) is 4.73. The molecule has 0 N–H and O–H groups in total. The van der Waals surface area contributed by atoms with E-state index < -0.39 is 21.6 Å². The van der Waals surface area contributed by atoms with Crippen LogP contribution in [0.5, 0.6) is 0 Å². The number of carbonyl (C=O) groups excluding carboxylic acids is 1. The lowest BCUT2D eigenvalue weighted by Crippen LogP contribution is -2.55. The summed E-state index contributed by atoms with van der Waals surface area (Å²) in [5.74, 6) is 0.525. The van der Waals surface area contributed by atoms with Crippen molar-refractivity contribution < 1.29 is 26.4 Å². The molecule has 1 aromatic rings. The Morgan fingerprint density at radius 2 is 1.69 bits per heavy atom. The molecule has 0 aliphatic carbocycles. The van der Waals surface area contributed by atoms with Gasteiger partial charge in [-0.15, -0.1) is 0 Å². The van der Waals surface area contributed by atoms with Gasteiger partial charge in [0.05, 0.1) is 23.6 Å². The smallest absolute Gasteiger partial charge is 0.369 e. The molecule has 0 spiro atoms. The molecule has 3 saturated heterocycles. The molecule has 0 saturated carbocycles. The molecule has 3 aliphatic heterocycles. The van der Waals surface area contributed by atoms with E-state index in [0.29, 0.717) is 71.0 Å². The average molecular weight is 475 g/mol. The molecular weight excluding hydrogens is 445 g/mol. The normalized spacial score (nSPS) is 25.3. The lowest BCUT2D eigenvalue weighted by molar-refractivity contribution is -0.137. The predicted molar refractivity (Wildman–Crippen MR) is 115 cm³/mol. The number of alkyl halides is 3. The van der Waals surface area contributed by atoms with Crippen LogP contribution >= 0.6 is 0 Å². The second-order valence-electron chi connectivity index (χ2n) is 8.78. The molecule has 0 bridgehead atoms. The molecule has 3 heterocycles. The molecule has 178 valence electrons. The number of amides is 1. The number of hydrogen-bond acceptors (Lipinski definition) is 6. The molecule has 1 unspecified atom stereocenters. The van der Waals surface area contributed by atoms with Crippen LogP contribution < -0.4 is 4.90 Å². The number of anilines is 1. The maximum atomic E-state index is 13.0. The van der Waals surface area contributed by atoms with Gasteiger partial charge in [0.25, 0.3) is 0 Å². The van der Waals surface area contributed by atoms with Crippen molar-refractivity contribution in [1.82, 2.24) is 14.7 Å². The number of benzene rings is 1. The van der Waals surface area contributed by atoms with Gasteiger partial charge < -0.3 is 9.80 Å². The van der Waals surface area contributed by atoms with Gasteiger partial charge in [0, 0.05) is 64.1 Å². The number of halogens is 3. The van der Waals surface area contributed by atoms with E-state index in [1.807, 2.05) is 14.7 Å². The van der Waals surface area contributed by atoms with Gasteiger partial charge in [-0.1, -0.05) is 6.07 Å². The van der Waals surface area contributed by atoms with Gasteiger partial charge in [0.2, 0.25) is 5.91 Å². The van der Waals surface area contributed by atoms with E-state index >= 15 is 0 Å². The predicted octanol–water partition coefficient (Wildman–Crippen LogP) is 1.16. The van der Waals surface area contributed by atoms with Crippen molar-refractivity contribution in [2.75, 3.05) is 75.3 Å². The molecule has 1 atom stereocenters. The van der Waals surface area contributed by atoms with Crippen LogP contribution in [0, 0.1) is 0 Å². The molecule has 3 fully saturated rings. The summed E-state index contributed by atoms with van der Waals surface area (Å²) in [4.78, 5) is 20.7. The summed E-state index contributed by atoms with van der Waals surface area (Å²) in [6, 6.07) is 5.43. The van der Waals surface area contributed by atoms with Gasteiger partial charge in [-0.3, -0.25) is 14.6 Å². The average Bonchev–Trinajstić information content (AvgIpc) is 3.13. The summed E-state index contributed by atoms with van der Waals surface area (Å²) in [5, 5.41) is 0. The van der Waals surface area contributed by atoms with Crippen molar-refractivity contribution in [2.45, 2.75) is 18.6 Å². The largest absolute Gasteiger partial charge is 0.416 e. The van der Waals surface area contributed by atoms with E-state index in [4.69, 9.17) is 0 Å². The minimum atomic E-state index is -4.36. The number of piperazine rings is 2. The lowest BCUT2D eigenvalue weighted by Gasteiger charge is -2.40. The second kappa shape index (κ2) is 9.18. The number of sulfone groups is 1. The lowest BCUT2D eigenvalue weighted by atomic mass is 10.1. The quantitative estimate of drug-likeness (QED) is 0.653. The third kappa shape index (κ3) is 5.55. The monoisotopic (exact) mass is 474 g/mol. The highest BCUT2D eigenvalue weighted by molar-refractivity contribution is 7.91. The first-order valence-electron chi connectivity index (χ1n) is 11.0. The Labute approximate surface area is 186 Å². The number of hydrogen-bond donors (Lipinski definition) is 0. The second-order valence-corrected chi connectivity index (χ2v) is 11.0. The number of carbonyl (C=O) groups is 1. The van der Waals surface area contributed by atoms with E-state index in [-0.39, 0.29) is 23.5 Å². The molecule has 3 aliphatic rings. The molecule has 1 aromatic carbocycles. The summed E-state index contributed by atoms with van der Waals surface area (Å²) in [6.45, 7) is 5.23. The van der Waals surface area contributed by atoms with Crippen LogP contribution in [-0.4, -0.2) is 105 Å². The molecule has 1 amide bonds. The first kappa shape index (κ1) is 23.3. The summed E-state index contributed by atoms with van der Waals surface area (Å²) in [5.41, 5.74) is -0.0993. The zero-order valence-electron chi connectivity index (χ0n) is 17.9. The fraction of sp³-hybridized carbons (Fsp3) is 0.667. The highest BCUT2D eigenvalue weighted by Crippen LogP contribution is 2.31. The Morgan fingerprint density at radius 3 is 2.28 bits per heavy atom. The highest BCUT2D eigenvalue weighted by atomic mass is 32.2. The molecule has 0 aromatic heterocycles. The first-order valence-corrected chi connectivity index (χ1v) is 12.8. The maximum absolute atomic E-state index is 13.0. The number of rotatable bonds is 4. The third-order valence-corrected chi connectivity index (χ3v) is 8.41. The van der Waals surface area contributed by atoms with Gasteiger partial charge in [-0.25, -0.2) is 8.42 Å². The maximum Gasteiger partial charge on any atom is 0.416 e. The minimum Gasteiger partial charge on any atom is -0.369 e. The van der Waals surface area contributed by atoms with Crippen molar-refractivity contribution in [2.24, 2.45) is 0 Å². The van der Waals surface area contributed by atoms with Crippen LogP contribution in [0.1, 0.15) is 12.0 Å². The summed E-state index contributed by atoms with van der Waals surface area (Å²) >= 11 is 0. The van der Waals surface area contributed by atoms with Crippen LogP contribution in [-0.2, 0) is 20.8 Å². The highest BCUT2D eigenvalue weighted by Gasteiger charge is 2.35. The Bertz CT molecular complexity index is 924. The molecular formula is C21H29F3N4O3S. The minimum absolute atomic E-state index is 0.0520. The molecule has 7 nitrogen and oxygen atoms in total. The Balaban J connectivity index is 1.22. The third-order valence-electron chi connectivity index (χ3n) is 6.66. The molecule has 11 heteroatoms. The summed E-state index contributed by atoms with van der Waals surface area (Å²) < 4.78 is 62.3. The molecule has 32 heavy (non-hydrogen) atoms. The van der Waals surface area contributed by atoms with Crippen LogP contribution in [0.25, 0.3) is 0 Å². The van der Waals surface area contributed by atoms with Crippen LogP contribution in [0.4, 0.5) is 18.9 Å². The SMILES string of the molecule is O=C(CN1CCN(c2cccc(C(F)(F)F)c2)CC1)N1CCN(C2CCS(=O)(=O)C2)CC1. The summed E-state index contributed by atoms with van der Waals surface area (Å²) in [6.07, 6.45) is -3.69. The Morgan fingerprint density at radius 1 is 1.00 bits per heavy atom. The van der Waals surface area contributed by atoms with E-state index in [1.54, 1.807) is 6.07 Å². The molecule has 0 radical (unpaired) electrons.